The highest BCUT2D eigenvalue weighted by atomic mass is 19.1. The molecule has 0 aliphatic rings. The number of esters is 1. The first kappa shape index (κ1) is 17.7. The molecule has 0 unspecified atom stereocenters. The van der Waals surface area contributed by atoms with Crippen LogP contribution in [0.25, 0.3) is 11.0 Å². The lowest BCUT2D eigenvalue weighted by molar-refractivity contribution is 0.0445. The number of fused-ring (bicyclic) bond motifs is 1. The maximum absolute atomic E-state index is 13.2. The van der Waals surface area contributed by atoms with Crippen LogP contribution in [0.1, 0.15) is 33.4 Å². The molecule has 0 aliphatic heterocycles. The molecule has 0 saturated carbocycles. The summed E-state index contributed by atoms with van der Waals surface area (Å²) in [4.78, 5) is 24.3. The fraction of sp³-hybridized carbons (Fsp3) is 0.200. The number of hydrogen-bond donors (Lipinski definition) is 0. The Bertz CT molecular complexity index is 973. The summed E-state index contributed by atoms with van der Waals surface area (Å²) in [6.45, 7) is 3.64. The number of hydrogen-bond acceptors (Lipinski definition) is 5. The van der Waals surface area contributed by atoms with E-state index in [4.69, 9.17) is 13.9 Å². The normalized spacial score (nSPS) is 10.7. The molecule has 134 valence electrons. The lowest BCUT2D eigenvalue weighted by Crippen LogP contribution is -2.14. The van der Waals surface area contributed by atoms with Crippen LogP contribution < -0.4 is 4.74 Å². The minimum Gasteiger partial charge on any atom is -0.494 e. The number of ether oxygens (including phenoxy) is 2. The van der Waals surface area contributed by atoms with Gasteiger partial charge in [-0.3, -0.25) is 4.79 Å². The Hall–Kier alpha value is -3.15. The molecule has 0 aliphatic carbocycles. The Balaban J connectivity index is 1.75. The first-order valence-electron chi connectivity index (χ1n) is 8.11. The van der Waals surface area contributed by atoms with Crippen LogP contribution in [0.2, 0.25) is 0 Å². The van der Waals surface area contributed by atoms with Gasteiger partial charge in [-0.1, -0.05) is 12.1 Å². The molecule has 0 atom stereocenters. The highest BCUT2D eigenvalue weighted by Crippen LogP contribution is 2.29. The van der Waals surface area contributed by atoms with E-state index in [9.17, 15) is 14.0 Å². The molecule has 3 rings (SSSR count). The third-order valence-corrected chi connectivity index (χ3v) is 3.88. The van der Waals surface area contributed by atoms with Crippen LogP contribution in [-0.4, -0.2) is 25.0 Å². The maximum atomic E-state index is 13.2. The van der Waals surface area contributed by atoms with E-state index >= 15 is 0 Å². The van der Waals surface area contributed by atoms with E-state index in [0.717, 1.165) is 11.5 Å². The first-order valence-corrected chi connectivity index (χ1v) is 8.11. The second-order valence-electron chi connectivity index (χ2n) is 5.66. The summed E-state index contributed by atoms with van der Waals surface area (Å²) >= 11 is 0. The van der Waals surface area contributed by atoms with Crippen LogP contribution in [0, 0.1) is 12.7 Å². The van der Waals surface area contributed by atoms with Gasteiger partial charge in [-0.05, 0) is 44.2 Å². The molecule has 0 saturated heterocycles. The highest BCUT2D eigenvalue weighted by Gasteiger charge is 2.21. The van der Waals surface area contributed by atoms with Gasteiger partial charge in [0.15, 0.2) is 12.4 Å². The van der Waals surface area contributed by atoms with Crippen molar-refractivity contribution >= 4 is 22.7 Å². The Morgan fingerprint density at radius 1 is 1.15 bits per heavy atom. The average molecular weight is 356 g/mol. The fourth-order valence-electron chi connectivity index (χ4n) is 2.59. The molecule has 0 radical (unpaired) electrons. The number of Topliss-reactive ketones (excluding diaryl/α,β-unsaturated/α-hetero) is 1. The molecule has 1 aromatic heterocycles. The minimum absolute atomic E-state index is 0.0284. The third kappa shape index (κ3) is 3.59. The van der Waals surface area contributed by atoms with Crippen molar-refractivity contribution in [1.82, 2.24) is 0 Å². The largest absolute Gasteiger partial charge is 0.494 e. The lowest BCUT2D eigenvalue weighted by Gasteiger charge is -2.03. The summed E-state index contributed by atoms with van der Waals surface area (Å²) in [7, 11) is 0. The number of benzene rings is 2. The Morgan fingerprint density at radius 2 is 1.96 bits per heavy atom. The maximum Gasteiger partial charge on any atom is 0.375 e. The number of aryl methyl sites for hydroxylation is 1. The monoisotopic (exact) mass is 356 g/mol. The van der Waals surface area contributed by atoms with Gasteiger partial charge in [0.2, 0.25) is 5.76 Å². The van der Waals surface area contributed by atoms with Crippen molar-refractivity contribution in [3.8, 4) is 5.75 Å². The van der Waals surface area contributed by atoms with Crippen LogP contribution in [0.5, 0.6) is 5.75 Å². The number of ketones is 1. The number of halogens is 1. The molecule has 2 aromatic carbocycles. The minimum atomic E-state index is -0.749. The summed E-state index contributed by atoms with van der Waals surface area (Å²) in [5.41, 5.74) is 1.26. The number of rotatable bonds is 6. The van der Waals surface area contributed by atoms with Crippen molar-refractivity contribution in [2.24, 2.45) is 0 Å². The SMILES string of the molecule is CCOc1ccc2oc(C(=O)OCC(=O)c3cccc(F)c3)c(C)c2c1. The number of furan rings is 1. The van der Waals surface area contributed by atoms with Crippen molar-refractivity contribution in [3.63, 3.8) is 0 Å². The molecule has 6 heteroatoms. The van der Waals surface area contributed by atoms with Crippen molar-refractivity contribution in [3.05, 3.63) is 65.2 Å². The summed E-state index contributed by atoms with van der Waals surface area (Å²) in [5, 5.41) is 0.736. The topological polar surface area (TPSA) is 65.7 Å². The zero-order chi connectivity index (χ0) is 18.7. The summed E-state index contributed by atoms with van der Waals surface area (Å²) in [5.74, 6) is -1.07. The molecule has 0 N–H and O–H groups in total. The summed E-state index contributed by atoms with van der Waals surface area (Å²) in [6, 6.07) is 10.4. The Morgan fingerprint density at radius 3 is 2.69 bits per heavy atom. The predicted molar refractivity (Wildman–Crippen MR) is 93.1 cm³/mol. The van der Waals surface area contributed by atoms with Gasteiger partial charge in [-0.2, -0.15) is 0 Å². The van der Waals surface area contributed by atoms with Gasteiger partial charge >= 0.3 is 5.97 Å². The summed E-state index contributed by atoms with van der Waals surface area (Å²) < 4.78 is 29.2. The van der Waals surface area contributed by atoms with E-state index in [1.54, 1.807) is 25.1 Å². The van der Waals surface area contributed by atoms with Gasteiger partial charge in [-0.25, -0.2) is 9.18 Å². The molecule has 26 heavy (non-hydrogen) atoms. The number of carbonyl (C=O) groups is 2. The molecule has 0 spiro atoms. The van der Waals surface area contributed by atoms with Gasteiger partial charge in [0, 0.05) is 16.5 Å². The molecular weight excluding hydrogens is 339 g/mol. The molecule has 3 aromatic rings. The molecule has 0 amide bonds. The van der Waals surface area contributed by atoms with Crippen LogP contribution >= 0.6 is 0 Å². The Kier molecular flexibility index (Phi) is 5.02. The molecule has 5 nitrogen and oxygen atoms in total. The van der Waals surface area contributed by atoms with Gasteiger partial charge < -0.3 is 13.9 Å². The molecular formula is C20H17FO5. The second kappa shape index (κ2) is 7.39. The Labute approximate surface area is 149 Å². The second-order valence-corrected chi connectivity index (χ2v) is 5.66. The van der Waals surface area contributed by atoms with E-state index in [1.165, 1.54) is 18.2 Å². The fourth-order valence-corrected chi connectivity index (χ4v) is 2.59. The molecule has 1 heterocycles. The first-order chi connectivity index (χ1) is 12.5. The molecule has 0 bridgehead atoms. The van der Waals surface area contributed by atoms with E-state index in [-0.39, 0.29) is 11.3 Å². The average Bonchev–Trinajstić information content (AvgIpc) is 2.96. The lowest BCUT2D eigenvalue weighted by atomic mass is 10.1. The smallest absolute Gasteiger partial charge is 0.375 e. The van der Waals surface area contributed by atoms with Crippen LogP contribution in [0.3, 0.4) is 0 Å². The van der Waals surface area contributed by atoms with Crippen molar-refractivity contribution in [1.29, 1.82) is 0 Å². The zero-order valence-electron chi connectivity index (χ0n) is 14.4. The summed E-state index contributed by atoms with van der Waals surface area (Å²) in [6.07, 6.45) is 0. The van der Waals surface area contributed by atoms with Crippen LogP contribution in [0.4, 0.5) is 4.39 Å². The highest BCUT2D eigenvalue weighted by molar-refractivity contribution is 6.00. The quantitative estimate of drug-likeness (QED) is 0.486. The molecule has 0 fully saturated rings. The van der Waals surface area contributed by atoms with Gasteiger partial charge in [0.05, 0.1) is 6.61 Å². The van der Waals surface area contributed by atoms with Gasteiger partial charge in [0.1, 0.15) is 17.1 Å². The van der Waals surface area contributed by atoms with Crippen LogP contribution in [-0.2, 0) is 4.74 Å². The standard InChI is InChI=1S/C20H17FO5/c1-3-24-15-7-8-18-16(10-15)12(2)19(26-18)20(23)25-11-17(22)13-5-4-6-14(21)9-13/h4-10H,3,11H2,1-2H3. The van der Waals surface area contributed by atoms with E-state index < -0.39 is 24.2 Å². The number of carbonyl (C=O) groups excluding carboxylic acids is 2. The third-order valence-electron chi connectivity index (χ3n) is 3.88. The van der Waals surface area contributed by atoms with E-state index in [1.807, 2.05) is 6.92 Å². The van der Waals surface area contributed by atoms with Gasteiger partial charge in [0.25, 0.3) is 0 Å². The zero-order valence-corrected chi connectivity index (χ0v) is 14.4. The van der Waals surface area contributed by atoms with E-state index in [0.29, 0.717) is 23.5 Å². The van der Waals surface area contributed by atoms with Crippen LogP contribution in [0.15, 0.2) is 46.9 Å². The van der Waals surface area contributed by atoms with Crippen molar-refractivity contribution < 1.29 is 27.9 Å². The van der Waals surface area contributed by atoms with Gasteiger partial charge in [-0.15, -0.1) is 0 Å². The van der Waals surface area contributed by atoms with E-state index in [2.05, 4.69) is 0 Å². The predicted octanol–water partition coefficient (Wildman–Crippen LogP) is 4.32. The van der Waals surface area contributed by atoms with Crippen molar-refractivity contribution in [2.75, 3.05) is 13.2 Å². The van der Waals surface area contributed by atoms with Crippen molar-refractivity contribution in [2.45, 2.75) is 13.8 Å².